The molecule has 1 aromatic carbocycles. The topological polar surface area (TPSA) is 58.7 Å². The van der Waals surface area contributed by atoms with Crippen LogP contribution >= 0.6 is 15.9 Å². The standard InChI is InChI=1S/C12H19BrN2O2/c1-17-7-5-15(4-6-16)12-8-11(13)3-2-10(12)9-14/h2-3,8,16H,4-7,9,14H2,1H3. The molecule has 0 fully saturated rings. The Bertz CT molecular complexity index is 347. The van der Waals surface area contributed by atoms with E-state index in [1.807, 2.05) is 18.2 Å². The van der Waals surface area contributed by atoms with Gasteiger partial charge in [-0.15, -0.1) is 0 Å². The van der Waals surface area contributed by atoms with Crippen molar-refractivity contribution in [2.75, 3.05) is 38.3 Å². The predicted molar refractivity (Wildman–Crippen MR) is 73.2 cm³/mol. The zero-order valence-corrected chi connectivity index (χ0v) is 11.6. The number of aliphatic hydroxyl groups is 1. The zero-order valence-electron chi connectivity index (χ0n) is 10.0. The van der Waals surface area contributed by atoms with Gasteiger partial charge in [-0.3, -0.25) is 0 Å². The fourth-order valence-electron chi connectivity index (χ4n) is 1.68. The minimum absolute atomic E-state index is 0.111. The fourth-order valence-corrected chi connectivity index (χ4v) is 2.03. The molecular weight excluding hydrogens is 284 g/mol. The first-order valence-corrected chi connectivity index (χ1v) is 6.35. The van der Waals surface area contributed by atoms with Gasteiger partial charge in [-0.1, -0.05) is 22.0 Å². The zero-order chi connectivity index (χ0) is 12.7. The van der Waals surface area contributed by atoms with Gasteiger partial charge in [0.15, 0.2) is 0 Å². The van der Waals surface area contributed by atoms with Crippen molar-refractivity contribution in [1.82, 2.24) is 0 Å². The van der Waals surface area contributed by atoms with E-state index in [4.69, 9.17) is 15.6 Å². The highest BCUT2D eigenvalue weighted by molar-refractivity contribution is 9.10. The van der Waals surface area contributed by atoms with Crippen molar-refractivity contribution >= 4 is 21.6 Å². The van der Waals surface area contributed by atoms with Crippen LogP contribution in [0.4, 0.5) is 5.69 Å². The summed E-state index contributed by atoms with van der Waals surface area (Å²) >= 11 is 3.45. The number of rotatable bonds is 7. The maximum absolute atomic E-state index is 9.10. The van der Waals surface area contributed by atoms with E-state index >= 15 is 0 Å². The molecule has 0 amide bonds. The summed E-state index contributed by atoms with van der Waals surface area (Å²) in [7, 11) is 1.67. The number of aliphatic hydroxyl groups excluding tert-OH is 1. The van der Waals surface area contributed by atoms with Crippen LogP contribution in [0.25, 0.3) is 0 Å². The average molecular weight is 303 g/mol. The highest BCUT2D eigenvalue weighted by Crippen LogP contribution is 2.24. The quantitative estimate of drug-likeness (QED) is 0.798. The Kier molecular flexibility index (Phi) is 6.50. The van der Waals surface area contributed by atoms with Gasteiger partial charge in [0.2, 0.25) is 0 Å². The van der Waals surface area contributed by atoms with Crippen LogP contribution in [0.15, 0.2) is 22.7 Å². The molecular formula is C12H19BrN2O2. The molecule has 0 aromatic heterocycles. The summed E-state index contributed by atoms with van der Waals surface area (Å²) in [4.78, 5) is 2.08. The monoisotopic (exact) mass is 302 g/mol. The van der Waals surface area contributed by atoms with E-state index in [1.165, 1.54) is 0 Å². The molecule has 0 atom stereocenters. The van der Waals surface area contributed by atoms with Crippen molar-refractivity contribution < 1.29 is 9.84 Å². The number of hydrogen-bond acceptors (Lipinski definition) is 4. The highest BCUT2D eigenvalue weighted by atomic mass is 79.9. The third kappa shape index (κ3) is 4.27. The molecule has 0 radical (unpaired) electrons. The summed E-state index contributed by atoms with van der Waals surface area (Å²) in [6.07, 6.45) is 0. The van der Waals surface area contributed by atoms with Gasteiger partial charge in [-0.2, -0.15) is 0 Å². The first-order valence-electron chi connectivity index (χ1n) is 5.56. The minimum atomic E-state index is 0.111. The number of nitrogens with zero attached hydrogens (tertiary/aromatic N) is 1. The molecule has 0 heterocycles. The van der Waals surface area contributed by atoms with Gasteiger partial charge in [0.05, 0.1) is 13.2 Å². The first kappa shape index (κ1) is 14.4. The summed E-state index contributed by atoms with van der Waals surface area (Å²) in [6.45, 7) is 2.53. The highest BCUT2D eigenvalue weighted by Gasteiger charge is 2.10. The van der Waals surface area contributed by atoms with E-state index < -0.39 is 0 Å². The Morgan fingerprint density at radius 2 is 2.18 bits per heavy atom. The van der Waals surface area contributed by atoms with Gasteiger partial charge in [0.1, 0.15) is 0 Å². The molecule has 4 nitrogen and oxygen atoms in total. The van der Waals surface area contributed by atoms with Crippen molar-refractivity contribution in [1.29, 1.82) is 0 Å². The normalized spacial score (nSPS) is 10.6. The lowest BCUT2D eigenvalue weighted by molar-refractivity contribution is 0.203. The largest absolute Gasteiger partial charge is 0.395 e. The van der Waals surface area contributed by atoms with Gasteiger partial charge < -0.3 is 20.5 Å². The number of benzene rings is 1. The van der Waals surface area contributed by atoms with Crippen LogP contribution in [0, 0.1) is 0 Å². The Hall–Kier alpha value is -0.620. The molecule has 5 heteroatoms. The van der Waals surface area contributed by atoms with E-state index in [2.05, 4.69) is 20.8 Å². The van der Waals surface area contributed by atoms with Crippen LogP contribution in [-0.4, -0.2) is 38.5 Å². The molecule has 0 unspecified atom stereocenters. The van der Waals surface area contributed by atoms with Crippen molar-refractivity contribution in [3.8, 4) is 0 Å². The summed E-state index contributed by atoms with van der Waals surface area (Å²) in [5.41, 5.74) is 7.84. The third-order valence-corrected chi connectivity index (χ3v) is 3.04. The van der Waals surface area contributed by atoms with Gasteiger partial charge in [-0.25, -0.2) is 0 Å². The third-order valence-electron chi connectivity index (χ3n) is 2.54. The molecule has 0 aliphatic heterocycles. The van der Waals surface area contributed by atoms with Crippen LogP contribution in [0.3, 0.4) is 0 Å². The number of anilines is 1. The molecule has 0 spiro atoms. The van der Waals surface area contributed by atoms with Crippen LogP contribution in [0.5, 0.6) is 0 Å². The molecule has 96 valence electrons. The molecule has 1 aromatic rings. The summed E-state index contributed by atoms with van der Waals surface area (Å²) in [6, 6.07) is 5.99. The lowest BCUT2D eigenvalue weighted by Gasteiger charge is -2.26. The molecule has 0 bridgehead atoms. The Morgan fingerprint density at radius 3 is 2.76 bits per heavy atom. The minimum Gasteiger partial charge on any atom is -0.395 e. The molecule has 3 N–H and O–H groups in total. The molecule has 0 aliphatic carbocycles. The predicted octanol–water partition coefficient (Wildman–Crippen LogP) is 1.35. The van der Waals surface area contributed by atoms with Crippen molar-refractivity contribution in [3.05, 3.63) is 28.2 Å². The summed E-state index contributed by atoms with van der Waals surface area (Å²) in [5, 5.41) is 9.10. The molecule has 1 rings (SSSR count). The van der Waals surface area contributed by atoms with Crippen LogP contribution in [-0.2, 0) is 11.3 Å². The van der Waals surface area contributed by atoms with Gasteiger partial charge >= 0.3 is 0 Å². The van der Waals surface area contributed by atoms with Crippen molar-refractivity contribution in [2.45, 2.75) is 6.54 Å². The molecule has 17 heavy (non-hydrogen) atoms. The number of hydrogen-bond donors (Lipinski definition) is 2. The van der Waals surface area contributed by atoms with Gasteiger partial charge in [0.25, 0.3) is 0 Å². The van der Waals surface area contributed by atoms with E-state index in [9.17, 15) is 0 Å². The summed E-state index contributed by atoms with van der Waals surface area (Å²) < 4.78 is 6.08. The number of methoxy groups -OCH3 is 1. The number of halogens is 1. The van der Waals surface area contributed by atoms with Crippen LogP contribution in [0.2, 0.25) is 0 Å². The lowest BCUT2D eigenvalue weighted by Crippen LogP contribution is -2.31. The second kappa shape index (κ2) is 7.66. The number of nitrogens with two attached hydrogens (primary N) is 1. The molecule has 0 aliphatic rings. The fraction of sp³-hybridized carbons (Fsp3) is 0.500. The van der Waals surface area contributed by atoms with E-state index in [0.717, 1.165) is 22.3 Å². The van der Waals surface area contributed by atoms with E-state index in [1.54, 1.807) is 7.11 Å². The van der Waals surface area contributed by atoms with Crippen LogP contribution < -0.4 is 10.6 Å². The van der Waals surface area contributed by atoms with Gasteiger partial charge in [-0.05, 0) is 17.7 Å². The second-order valence-electron chi connectivity index (χ2n) is 3.68. The van der Waals surface area contributed by atoms with E-state index in [0.29, 0.717) is 19.7 Å². The molecule has 0 saturated heterocycles. The number of ether oxygens (including phenoxy) is 1. The SMILES string of the molecule is COCCN(CCO)c1cc(Br)ccc1CN. The van der Waals surface area contributed by atoms with Crippen molar-refractivity contribution in [2.24, 2.45) is 5.73 Å². The first-order chi connectivity index (χ1) is 8.22. The smallest absolute Gasteiger partial charge is 0.0637 e. The Morgan fingerprint density at radius 1 is 1.41 bits per heavy atom. The maximum Gasteiger partial charge on any atom is 0.0637 e. The molecule has 0 saturated carbocycles. The summed E-state index contributed by atoms with van der Waals surface area (Å²) in [5.74, 6) is 0. The van der Waals surface area contributed by atoms with Crippen molar-refractivity contribution in [3.63, 3.8) is 0 Å². The van der Waals surface area contributed by atoms with E-state index in [-0.39, 0.29) is 6.61 Å². The Labute approximate surface area is 110 Å². The average Bonchev–Trinajstić information content (AvgIpc) is 2.34. The van der Waals surface area contributed by atoms with Gasteiger partial charge in [0, 0.05) is 36.9 Å². The lowest BCUT2D eigenvalue weighted by atomic mass is 10.1. The second-order valence-corrected chi connectivity index (χ2v) is 4.60. The van der Waals surface area contributed by atoms with Crippen LogP contribution in [0.1, 0.15) is 5.56 Å². The maximum atomic E-state index is 9.10. The Balaban J connectivity index is 2.93.